The van der Waals surface area contributed by atoms with Crippen LogP contribution in [0.1, 0.15) is 19.4 Å². The first-order chi connectivity index (χ1) is 12.7. The van der Waals surface area contributed by atoms with Gasteiger partial charge >= 0.3 is 0 Å². The Bertz CT molecular complexity index is 865. The number of benzene rings is 3. The lowest BCUT2D eigenvalue weighted by Crippen LogP contribution is -2.28. The Morgan fingerprint density at radius 1 is 0.885 bits per heavy atom. The third-order valence-electron chi connectivity index (χ3n) is 4.57. The molecule has 0 amide bonds. The lowest BCUT2D eigenvalue weighted by Gasteiger charge is -2.21. The van der Waals surface area contributed by atoms with E-state index in [2.05, 4.69) is 96.1 Å². The molecular formula is C22H25N3S. The molecule has 26 heavy (non-hydrogen) atoms. The Kier molecular flexibility index (Phi) is 6.08. The van der Waals surface area contributed by atoms with E-state index in [0.717, 1.165) is 18.8 Å². The molecule has 3 rings (SSSR count). The van der Waals surface area contributed by atoms with Crippen LogP contribution in [0.15, 0.2) is 66.7 Å². The molecule has 3 nitrogen and oxygen atoms in total. The normalized spacial score (nSPS) is 10.5. The summed E-state index contributed by atoms with van der Waals surface area (Å²) in [6.45, 7) is 7.05. The van der Waals surface area contributed by atoms with Gasteiger partial charge in [-0.2, -0.15) is 0 Å². The highest BCUT2D eigenvalue weighted by molar-refractivity contribution is 7.80. The second kappa shape index (κ2) is 8.68. The van der Waals surface area contributed by atoms with Crippen LogP contribution in [0.4, 0.5) is 11.4 Å². The van der Waals surface area contributed by atoms with Gasteiger partial charge in [0.1, 0.15) is 0 Å². The van der Waals surface area contributed by atoms with Gasteiger partial charge in [-0.25, -0.2) is 0 Å². The molecule has 0 spiro atoms. The van der Waals surface area contributed by atoms with E-state index < -0.39 is 0 Å². The summed E-state index contributed by atoms with van der Waals surface area (Å²) < 4.78 is 0. The van der Waals surface area contributed by atoms with Gasteiger partial charge in [0.05, 0.1) is 0 Å². The van der Waals surface area contributed by atoms with E-state index >= 15 is 0 Å². The van der Waals surface area contributed by atoms with Crippen molar-refractivity contribution >= 4 is 39.5 Å². The number of fused-ring (bicyclic) bond motifs is 1. The molecule has 0 aromatic heterocycles. The number of rotatable bonds is 6. The highest BCUT2D eigenvalue weighted by atomic mass is 32.1. The number of thiocarbonyl (C=S) groups is 1. The van der Waals surface area contributed by atoms with Crippen molar-refractivity contribution in [3.05, 3.63) is 72.3 Å². The third-order valence-corrected chi connectivity index (χ3v) is 4.82. The van der Waals surface area contributed by atoms with Gasteiger partial charge in [-0.3, -0.25) is 0 Å². The van der Waals surface area contributed by atoms with E-state index in [1.54, 1.807) is 0 Å². The van der Waals surface area contributed by atoms with Crippen molar-refractivity contribution in [3.63, 3.8) is 0 Å². The smallest absolute Gasteiger partial charge is 0.171 e. The minimum absolute atomic E-state index is 0.633. The molecule has 2 N–H and O–H groups in total. The minimum Gasteiger partial charge on any atom is -0.372 e. The molecule has 0 bridgehead atoms. The molecule has 0 aliphatic heterocycles. The molecule has 0 unspecified atom stereocenters. The van der Waals surface area contributed by atoms with E-state index in [1.165, 1.54) is 22.0 Å². The summed E-state index contributed by atoms with van der Waals surface area (Å²) >= 11 is 5.46. The first-order valence-corrected chi connectivity index (χ1v) is 9.48. The van der Waals surface area contributed by atoms with Gasteiger partial charge in [-0.1, -0.05) is 42.5 Å². The molecule has 0 saturated carbocycles. The summed E-state index contributed by atoms with van der Waals surface area (Å²) in [4.78, 5) is 2.32. The molecule has 0 aliphatic rings. The number of anilines is 2. The van der Waals surface area contributed by atoms with Crippen LogP contribution in [0, 0.1) is 0 Å². The van der Waals surface area contributed by atoms with Crippen LogP contribution in [0.3, 0.4) is 0 Å². The van der Waals surface area contributed by atoms with Crippen LogP contribution in [-0.4, -0.2) is 18.2 Å². The Hall–Kier alpha value is -2.59. The lowest BCUT2D eigenvalue weighted by atomic mass is 10.0. The van der Waals surface area contributed by atoms with Crippen LogP contribution >= 0.6 is 12.2 Å². The first-order valence-electron chi connectivity index (χ1n) is 9.07. The Morgan fingerprint density at radius 3 is 2.31 bits per heavy atom. The molecule has 3 aromatic rings. The highest BCUT2D eigenvalue weighted by Gasteiger charge is 2.04. The average molecular weight is 364 g/mol. The van der Waals surface area contributed by atoms with Gasteiger partial charge in [-0.05, 0) is 66.7 Å². The molecule has 0 heterocycles. The Morgan fingerprint density at radius 2 is 1.58 bits per heavy atom. The summed E-state index contributed by atoms with van der Waals surface area (Å²) in [5.41, 5.74) is 3.47. The molecule has 3 aromatic carbocycles. The van der Waals surface area contributed by atoms with Gasteiger partial charge in [0.2, 0.25) is 0 Å². The first kappa shape index (κ1) is 18.2. The summed E-state index contributed by atoms with van der Waals surface area (Å²) in [6, 6.07) is 23.2. The van der Waals surface area contributed by atoms with Gasteiger partial charge in [0.25, 0.3) is 0 Å². The van der Waals surface area contributed by atoms with Gasteiger partial charge in [0, 0.05) is 31.0 Å². The Labute approximate surface area is 161 Å². The van der Waals surface area contributed by atoms with Crippen molar-refractivity contribution in [1.82, 2.24) is 5.32 Å². The fraction of sp³-hybridized carbons (Fsp3) is 0.227. The fourth-order valence-corrected chi connectivity index (χ4v) is 3.33. The van der Waals surface area contributed by atoms with E-state index in [9.17, 15) is 0 Å². The van der Waals surface area contributed by atoms with Crippen LogP contribution in [-0.2, 0) is 6.54 Å². The molecule has 0 saturated heterocycles. The molecular weight excluding hydrogens is 338 g/mol. The quantitative estimate of drug-likeness (QED) is 0.591. The van der Waals surface area contributed by atoms with Crippen molar-refractivity contribution in [2.45, 2.75) is 20.4 Å². The molecule has 0 radical (unpaired) electrons. The van der Waals surface area contributed by atoms with Crippen LogP contribution in [0.2, 0.25) is 0 Å². The van der Waals surface area contributed by atoms with E-state index in [-0.39, 0.29) is 0 Å². The summed E-state index contributed by atoms with van der Waals surface area (Å²) in [6.07, 6.45) is 0. The van der Waals surface area contributed by atoms with Crippen molar-refractivity contribution in [2.24, 2.45) is 0 Å². The number of nitrogens with one attached hydrogen (secondary N) is 2. The van der Waals surface area contributed by atoms with Crippen LogP contribution in [0.5, 0.6) is 0 Å². The van der Waals surface area contributed by atoms with Gasteiger partial charge in [-0.15, -0.1) is 0 Å². The van der Waals surface area contributed by atoms with Gasteiger partial charge < -0.3 is 15.5 Å². The van der Waals surface area contributed by atoms with Crippen molar-refractivity contribution in [1.29, 1.82) is 0 Å². The second-order valence-corrected chi connectivity index (χ2v) is 6.57. The monoisotopic (exact) mass is 363 g/mol. The molecule has 0 aliphatic carbocycles. The Balaban J connectivity index is 1.60. The van der Waals surface area contributed by atoms with Crippen LogP contribution in [0.25, 0.3) is 10.8 Å². The topological polar surface area (TPSA) is 27.3 Å². The summed E-state index contributed by atoms with van der Waals surface area (Å²) in [7, 11) is 0. The zero-order valence-corrected chi connectivity index (χ0v) is 16.1. The van der Waals surface area contributed by atoms with E-state index in [0.29, 0.717) is 11.7 Å². The van der Waals surface area contributed by atoms with E-state index in [4.69, 9.17) is 12.2 Å². The highest BCUT2D eigenvalue weighted by Crippen LogP contribution is 2.19. The molecule has 134 valence electrons. The average Bonchev–Trinajstić information content (AvgIpc) is 2.68. The molecule has 0 atom stereocenters. The molecule has 4 heteroatoms. The van der Waals surface area contributed by atoms with Crippen molar-refractivity contribution < 1.29 is 0 Å². The number of hydrogen-bond acceptors (Lipinski definition) is 2. The second-order valence-electron chi connectivity index (χ2n) is 6.17. The zero-order chi connectivity index (χ0) is 18.4. The maximum absolute atomic E-state index is 5.46. The zero-order valence-electron chi connectivity index (χ0n) is 15.3. The predicted molar refractivity (Wildman–Crippen MR) is 117 cm³/mol. The van der Waals surface area contributed by atoms with E-state index in [1.807, 2.05) is 0 Å². The maximum atomic E-state index is 5.46. The van der Waals surface area contributed by atoms with Crippen molar-refractivity contribution in [2.75, 3.05) is 23.3 Å². The predicted octanol–water partition coefficient (Wildman–Crippen LogP) is 5.17. The van der Waals surface area contributed by atoms with Gasteiger partial charge in [0.15, 0.2) is 5.11 Å². The molecule has 0 fully saturated rings. The standard InChI is InChI=1S/C22H25N3S/c1-3-25(4-2)20-14-12-19(13-15-20)24-22(26)23-16-18-10-7-9-17-8-5-6-11-21(17)18/h5-15H,3-4,16H2,1-2H3,(H2,23,24,26). The SMILES string of the molecule is CCN(CC)c1ccc(NC(=S)NCc2cccc3ccccc23)cc1. The minimum atomic E-state index is 0.633. The van der Waals surface area contributed by atoms with Crippen molar-refractivity contribution in [3.8, 4) is 0 Å². The lowest BCUT2D eigenvalue weighted by molar-refractivity contribution is 0.866. The fourth-order valence-electron chi connectivity index (χ4n) is 3.14. The summed E-state index contributed by atoms with van der Waals surface area (Å²) in [5.74, 6) is 0. The number of hydrogen-bond donors (Lipinski definition) is 2. The van der Waals surface area contributed by atoms with Crippen LogP contribution < -0.4 is 15.5 Å². The largest absolute Gasteiger partial charge is 0.372 e. The summed E-state index contributed by atoms with van der Waals surface area (Å²) in [5, 5.41) is 9.71. The maximum Gasteiger partial charge on any atom is 0.171 e. The number of nitrogens with zero attached hydrogens (tertiary/aromatic N) is 1. The third kappa shape index (κ3) is 4.33.